The second-order valence-corrected chi connectivity index (χ2v) is 3.47. The zero-order chi connectivity index (χ0) is 12.0. The summed E-state index contributed by atoms with van der Waals surface area (Å²) in [6.45, 7) is 2.06. The molecule has 6 heteroatoms. The Bertz CT molecular complexity index is 376. The minimum Gasteiger partial charge on any atom is -0.465 e. The molecule has 0 aliphatic carbocycles. The van der Waals surface area contributed by atoms with Gasteiger partial charge in [-0.15, -0.1) is 11.6 Å². The second-order valence-electron chi connectivity index (χ2n) is 3.20. The number of aryl methyl sites for hydroxylation is 1. The fourth-order valence-corrected chi connectivity index (χ4v) is 1.15. The van der Waals surface area contributed by atoms with Crippen molar-refractivity contribution in [1.29, 1.82) is 0 Å². The van der Waals surface area contributed by atoms with Crippen LogP contribution in [0.1, 0.15) is 11.5 Å². The molecule has 2 N–H and O–H groups in total. The third-order valence-corrected chi connectivity index (χ3v) is 2.07. The van der Waals surface area contributed by atoms with Gasteiger partial charge in [-0.3, -0.25) is 9.59 Å². The number of hydrogen-bond acceptors (Lipinski definition) is 3. The van der Waals surface area contributed by atoms with Crippen LogP contribution in [0, 0.1) is 6.92 Å². The summed E-state index contributed by atoms with van der Waals surface area (Å²) < 4.78 is 5.26. The molecule has 0 aromatic carbocycles. The smallest absolute Gasteiger partial charge is 0.239 e. The summed E-state index contributed by atoms with van der Waals surface area (Å²) >= 11 is 5.25. The summed E-state index contributed by atoms with van der Waals surface area (Å²) in [5, 5.41) is 4.96. The van der Waals surface area contributed by atoms with E-state index >= 15 is 0 Å². The molecule has 16 heavy (non-hydrogen) atoms. The Kier molecular flexibility index (Phi) is 4.85. The van der Waals surface area contributed by atoms with E-state index in [2.05, 4.69) is 10.6 Å². The van der Waals surface area contributed by atoms with Crippen LogP contribution in [0.3, 0.4) is 0 Å². The first-order valence-electron chi connectivity index (χ1n) is 4.76. The van der Waals surface area contributed by atoms with Crippen molar-refractivity contribution in [3.05, 3.63) is 23.7 Å². The molecule has 0 saturated heterocycles. The Morgan fingerprint density at radius 3 is 2.62 bits per heavy atom. The molecule has 0 aliphatic rings. The van der Waals surface area contributed by atoms with Gasteiger partial charge >= 0.3 is 0 Å². The maximum Gasteiger partial charge on any atom is 0.239 e. The lowest BCUT2D eigenvalue weighted by Crippen LogP contribution is -2.37. The molecule has 1 rings (SSSR count). The van der Waals surface area contributed by atoms with Crippen LogP contribution in [0.2, 0.25) is 0 Å². The zero-order valence-electron chi connectivity index (χ0n) is 8.88. The lowest BCUT2D eigenvalue weighted by molar-refractivity contribution is -0.125. The standard InChI is InChI=1S/C10H13ClN2O3/c1-7-2-3-8(16-7)5-12-10(15)6-13-9(14)4-11/h2-3H,4-6H2,1H3,(H,12,15)(H,13,14). The molecule has 0 radical (unpaired) electrons. The molecular weight excluding hydrogens is 232 g/mol. The van der Waals surface area contributed by atoms with Crippen molar-refractivity contribution in [3.8, 4) is 0 Å². The number of halogens is 1. The van der Waals surface area contributed by atoms with Crippen molar-refractivity contribution in [2.75, 3.05) is 12.4 Å². The SMILES string of the molecule is Cc1ccc(CNC(=O)CNC(=O)CCl)o1. The molecule has 0 aliphatic heterocycles. The number of furan rings is 1. The first kappa shape index (κ1) is 12.6. The molecule has 2 amide bonds. The lowest BCUT2D eigenvalue weighted by Gasteiger charge is -2.04. The van der Waals surface area contributed by atoms with E-state index in [9.17, 15) is 9.59 Å². The van der Waals surface area contributed by atoms with E-state index in [1.165, 1.54) is 0 Å². The Morgan fingerprint density at radius 2 is 2.06 bits per heavy atom. The van der Waals surface area contributed by atoms with E-state index in [1.807, 2.05) is 13.0 Å². The molecule has 0 atom stereocenters. The van der Waals surface area contributed by atoms with Gasteiger partial charge in [0, 0.05) is 0 Å². The summed E-state index contributed by atoms with van der Waals surface area (Å²) in [7, 11) is 0. The van der Waals surface area contributed by atoms with E-state index in [4.69, 9.17) is 16.0 Å². The molecule has 1 heterocycles. The minimum absolute atomic E-state index is 0.0781. The van der Waals surface area contributed by atoms with Crippen molar-refractivity contribution in [2.45, 2.75) is 13.5 Å². The van der Waals surface area contributed by atoms with Crippen LogP contribution in [0.15, 0.2) is 16.5 Å². The summed E-state index contributed by atoms with van der Waals surface area (Å²) in [5.74, 6) is 0.664. The van der Waals surface area contributed by atoms with Crippen molar-refractivity contribution < 1.29 is 14.0 Å². The molecule has 0 saturated carbocycles. The van der Waals surface area contributed by atoms with Gasteiger partial charge in [-0.25, -0.2) is 0 Å². The normalized spacial score (nSPS) is 9.88. The zero-order valence-corrected chi connectivity index (χ0v) is 9.63. The van der Waals surface area contributed by atoms with Gasteiger partial charge in [0.15, 0.2) is 0 Å². The predicted octanol–water partition coefficient (Wildman–Crippen LogP) is 0.559. The molecule has 0 bridgehead atoms. The molecule has 5 nitrogen and oxygen atoms in total. The van der Waals surface area contributed by atoms with E-state index in [0.29, 0.717) is 12.3 Å². The van der Waals surface area contributed by atoms with Gasteiger partial charge in [0.1, 0.15) is 17.4 Å². The van der Waals surface area contributed by atoms with Gasteiger partial charge in [0.2, 0.25) is 11.8 Å². The largest absolute Gasteiger partial charge is 0.465 e. The Morgan fingerprint density at radius 1 is 1.31 bits per heavy atom. The average Bonchev–Trinajstić information content (AvgIpc) is 2.69. The lowest BCUT2D eigenvalue weighted by atomic mass is 10.4. The molecule has 0 fully saturated rings. The highest BCUT2D eigenvalue weighted by Gasteiger charge is 2.05. The van der Waals surface area contributed by atoms with Gasteiger partial charge in [-0.1, -0.05) is 0 Å². The van der Waals surface area contributed by atoms with E-state index in [0.717, 1.165) is 5.76 Å². The fourth-order valence-electron chi connectivity index (χ4n) is 1.05. The topological polar surface area (TPSA) is 71.3 Å². The predicted molar refractivity (Wildman–Crippen MR) is 59.0 cm³/mol. The first-order chi connectivity index (χ1) is 7.61. The molecule has 1 aromatic heterocycles. The van der Waals surface area contributed by atoms with Gasteiger partial charge in [0.05, 0.1) is 13.1 Å². The quantitative estimate of drug-likeness (QED) is 0.744. The second kappa shape index (κ2) is 6.17. The monoisotopic (exact) mass is 244 g/mol. The molecule has 0 spiro atoms. The van der Waals surface area contributed by atoms with Crippen LogP contribution in [0.25, 0.3) is 0 Å². The molecule has 88 valence electrons. The van der Waals surface area contributed by atoms with Crippen LogP contribution in [0.4, 0.5) is 0 Å². The number of nitrogens with one attached hydrogen (secondary N) is 2. The number of carbonyl (C=O) groups excluding carboxylic acids is 2. The molecular formula is C10H13ClN2O3. The maximum absolute atomic E-state index is 11.2. The highest BCUT2D eigenvalue weighted by molar-refractivity contribution is 6.27. The van der Waals surface area contributed by atoms with Crippen molar-refractivity contribution >= 4 is 23.4 Å². The fraction of sp³-hybridized carbons (Fsp3) is 0.400. The van der Waals surface area contributed by atoms with E-state index in [1.54, 1.807) is 6.07 Å². The summed E-state index contributed by atoms with van der Waals surface area (Å²) in [6, 6.07) is 3.60. The molecule has 1 aromatic rings. The van der Waals surface area contributed by atoms with E-state index < -0.39 is 0 Å². The highest BCUT2D eigenvalue weighted by atomic mass is 35.5. The number of hydrogen-bond donors (Lipinski definition) is 2. The first-order valence-corrected chi connectivity index (χ1v) is 5.30. The van der Waals surface area contributed by atoms with Crippen LogP contribution < -0.4 is 10.6 Å². The van der Waals surface area contributed by atoms with E-state index in [-0.39, 0.29) is 24.2 Å². The summed E-state index contributed by atoms with van der Waals surface area (Å²) in [6.07, 6.45) is 0. The third kappa shape index (κ3) is 4.35. The van der Waals surface area contributed by atoms with Crippen molar-refractivity contribution in [3.63, 3.8) is 0 Å². The summed E-state index contributed by atoms with van der Waals surface area (Å²) in [4.78, 5) is 22.0. The number of amides is 2. The van der Waals surface area contributed by atoms with Crippen LogP contribution >= 0.6 is 11.6 Å². The number of rotatable bonds is 5. The molecule has 0 unspecified atom stereocenters. The van der Waals surface area contributed by atoms with Crippen molar-refractivity contribution in [2.24, 2.45) is 0 Å². The van der Waals surface area contributed by atoms with Crippen LogP contribution in [-0.4, -0.2) is 24.2 Å². The van der Waals surface area contributed by atoms with Crippen molar-refractivity contribution in [1.82, 2.24) is 10.6 Å². The van der Waals surface area contributed by atoms with Gasteiger partial charge in [0.25, 0.3) is 0 Å². The van der Waals surface area contributed by atoms with Gasteiger partial charge < -0.3 is 15.1 Å². The van der Waals surface area contributed by atoms with Crippen LogP contribution in [-0.2, 0) is 16.1 Å². The average molecular weight is 245 g/mol. The Hall–Kier alpha value is -1.49. The highest BCUT2D eigenvalue weighted by Crippen LogP contribution is 2.04. The Labute approximate surface area is 98.1 Å². The summed E-state index contributed by atoms with van der Waals surface area (Å²) in [5.41, 5.74) is 0. The minimum atomic E-state index is -0.370. The third-order valence-electron chi connectivity index (χ3n) is 1.82. The Balaban J connectivity index is 2.22. The maximum atomic E-state index is 11.2. The van der Waals surface area contributed by atoms with Gasteiger partial charge in [-0.05, 0) is 19.1 Å². The van der Waals surface area contributed by atoms with Crippen LogP contribution in [0.5, 0.6) is 0 Å². The number of carbonyl (C=O) groups is 2. The number of alkyl halides is 1. The van der Waals surface area contributed by atoms with Gasteiger partial charge in [-0.2, -0.15) is 0 Å².